The predicted molar refractivity (Wildman–Crippen MR) is 104 cm³/mol. The van der Waals surface area contributed by atoms with E-state index in [1.165, 1.54) is 0 Å². The van der Waals surface area contributed by atoms with Crippen molar-refractivity contribution >= 4 is 22.7 Å². The lowest BCUT2D eigenvalue weighted by molar-refractivity contribution is -0.124. The lowest BCUT2D eigenvalue weighted by Gasteiger charge is -2.16. The second kappa shape index (κ2) is 8.15. The van der Waals surface area contributed by atoms with Gasteiger partial charge in [0, 0.05) is 11.9 Å². The molecule has 0 saturated heterocycles. The van der Waals surface area contributed by atoms with Gasteiger partial charge in [0.1, 0.15) is 11.7 Å². The highest BCUT2D eigenvalue weighted by Gasteiger charge is 2.21. The Labute approximate surface area is 166 Å². The first-order chi connectivity index (χ1) is 14.1. The summed E-state index contributed by atoms with van der Waals surface area (Å²) in [6.45, 7) is -0.144. The number of fused-ring (bicyclic) bond motifs is 2. The Balaban J connectivity index is 1.38. The summed E-state index contributed by atoms with van der Waals surface area (Å²) in [6, 6.07) is 15.0. The molecule has 2 amide bonds. The van der Waals surface area contributed by atoms with Gasteiger partial charge in [-0.05, 0) is 29.8 Å². The van der Waals surface area contributed by atoms with Gasteiger partial charge in [0.25, 0.3) is 5.91 Å². The van der Waals surface area contributed by atoms with Gasteiger partial charge in [0.15, 0.2) is 11.5 Å². The summed E-state index contributed by atoms with van der Waals surface area (Å²) in [5, 5.41) is 15.7. The van der Waals surface area contributed by atoms with E-state index in [0.717, 1.165) is 10.9 Å². The number of nitrogens with zero attached hydrogens (tertiary/aromatic N) is 1. The maximum atomic E-state index is 12.5. The number of amides is 2. The Morgan fingerprint density at radius 1 is 1.07 bits per heavy atom. The van der Waals surface area contributed by atoms with Crippen molar-refractivity contribution in [2.45, 2.75) is 12.6 Å². The molecule has 2 aromatic carbocycles. The fourth-order valence-electron chi connectivity index (χ4n) is 2.98. The van der Waals surface area contributed by atoms with E-state index in [2.05, 4.69) is 15.6 Å². The third-order valence-electron chi connectivity index (χ3n) is 4.54. The highest BCUT2D eigenvalue weighted by molar-refractivity contribution is 5.97. The van der Waals surface area contributed by atoms with Crippen molar-refractivity contribution in [3.8, 4) is 11.5 Å². The zero-order chi connectivity index (χ0) is 20.2. The standard InChI is InChI=1S/C21H19N3O5/c25-11-17(20(26)22-10-13-5-8-18-19(9-13)29-12-28-18)24-21(27)16-7-6-14-3-1-2-4-15(14)23-16/h1-9,17,25H,10-12H2,(H,22,26)(H,24,27)/t17-/m0/s1. The van der Waals surface area contributed by atoms with Gasteiger partial charge < -0.3 is 25.2 Å². The Morgan fingerprint density at radius 3 is 2.76 bits per heavy atom. The van der Waals surface area contributed by atoms with E-state index in [0.29, 0.717) is 17.0 Å². The maximum absolute atomic E-state index is 12.5. The number of hydrogen-bond donors (Lipinski definition) is 3. The quantitative estimate of drug-likeness (QED) is 0.584. The lowest BCUT2D eigenvalue weighted by Crippen LogP contribution is -2.48. The van der Waals surface area contributed by atoms with Crippen LogP contribution in [0.15, 0.2) is 54.6 Å². The van der Waals surface area contributed by atoms with Gasteiger partial charge in [-0.3, -0.25) is 9.59 Å². The minimum Gasteiger partial charge on any atom is -0.454 e. The SMILES string of the molecule is O=C(N[C@@H](CO)C(=O)NCc1ccc2c(c1)OCO2)c1ccc2ccccc2n1. The van der Waals surface area contributed by atoms with E-state index in [-0.39, 0.29) is 19.0 Å². The fraction of sp³-hybridized carbons (Fsp3) is 0.190. The maximum Gasteiger partial charge on any atom is 0.270 e. The predicted octanol–water partition coefficient (Wildman–Crippen LogP) is 1.37. The van der Waals surface area contributed by atoms with Crippen LogP contribution in [0.2, 0.25) is 0 Å². The van der Waals surface area contributed by atoms with Crippen LogP contribution < -0.4 is 20.1 Å². The number of pyridine rings is 1. The zero-order valence-electron chi connectivity index (χ0n) is 15.4. The molecule has 8 heteroatoms. The first-order valence-electron chi connectivity index (χ1n) is 9.08. The third-order valence-corrected chi connectivity index (χ3v) is 4.54. The van der Waals surface area contributed by atoms with Crippen molar-refractivity contribution in [2.24, 2.45) is 0 Å². The first-order valence-corrected chi connectivity index (χ1v) is 9.08. The fourth-order valence-corrected chi connectivity index (χ4v) is 2.98. The molecule has 2 heterocycles. The molecule has 0 radical (unpaired) electrons. The van der Waals surface area contributed by atoms with Crippen molar-refractivity contribution in [1.82, 2.24) is 15.6 Å². The van der Waals surface area contributed by atoms with Crippen LogP contribution in [0.25, 0.3) is 10.9 Å². The van der Waals surface area contributed by atoms with E-state index >= 15 is 0 Å². The van der Waals surface area contributed by atoms with Crippen LogP contribution in [0.5, 0.6) is 11.5 Å². The van der Waals surface area contributed by atoms with Crippen molar-refractivity contribution in [2.75, 3.05) is 13.4 Å². The number of para-hydroxylation sites is 1. The number of hydrogen-bond acceptors (Lipinski definition) is 6. The molecule has 148 valence electrons. The van der Waals surface area contributed by atoms with Crippen LogP contribution >= 0.6 is 0 Å². The molecule has 0 spiro atoms. The van der Waals surface area contributed by atoms with Gasteiger partial charge in [-0.1, -0.05) is 30.3 Å². The molecular formula is C21H19N3O5. The van der Waals surface area contributed by atoms with Crippen molar-refractivity contribution in [3.05, 3.63) is 65.9 Å². The number of aliphatic hydroxyl groups excluding tert-OH is 1. The molecule has 3 N–H and O–H groups in total. The molecular weight excluding hydrogens is 374 g/mol. The lowest BCUT2D eigenvalue weighted by atomic mass is 10.2. The van der Waals surface area contributed by atoms with Crippen molar-refractivity contribution < 1.29 is 24.2 Å². The smallest absolute Gasteiger partial charge is 0.270 e. The summed E-state index contributed by atoms with van der Waals surface area (Å²) in [7, 11) is 0. The molecule has 1 atom stereocenters. The molecule has 1 aromatic heterocycles. The van der Waals surface area contributed by atoms with Crippen LogP contribution in [0, 0.1) is 0 Å². The highest BCUT2D eigenvalue weighted by atomic mass is 16.7. The van der Waals surface area contributed by atoms with Crippen molar-refractivity contribution in [3.63, 3.8) is 0 Å². The topological polar surface area (TPSA) is 110 Å². The molecule has 29 heavy (non-hydrogen) atoms. The molecule has 1 aliphatic rings. The van der Waals surface area contributed by atoms with Gasteiger partial charge in [-0.25, -0.2) is 4.98 Å². The molecule has 0 fully saturated rings. The van der Waals surface area contributed by atoms with Gasteiger partial charge >= 0.3 is 0 Å². The Morgan fingerprint density at radius 2 is 1.90 bits per heavy atom. The molecule has 0 bridgehead atoms. The number of aliphatic hydroxyl groups is 1. The molecule has 3 aromatic rings. The van der Waals surface area contributed by atoms with Crippen LogP contribution in [0.3, 0.4) is 0 Å². The van der Waals surface area contributed by atoms with Gasteiger partial charge in [-0.15, -0.1) is 0 Å². The zero-order valence-corrected chi connectivity index (χ0v) is 15.4. The minimum atomic E-state index is -1.09. The van der Waals surface area contributed by atoms with Crippen molar-refractivity contribution in [1.29, 1.82) is 0 Å². The van der Waals surface area contributed by atoms with Crippen LogP contribution in [-0.4, -0.2) is 41.3 Å². The molecule has 8 nitrogen and oxygen atoms in total. The summed E-state index contributed by atoms with van der Waals surface area (Å²) >= 11 is 0. The summed E-state index contributed by atoms with van der Waals surface area (Å²) < 4.78 is 10.6. The summed E-state index contributed by atoms with van der Waals surface area (Å²) in [5.41, 5.74) is 1.65. The molecule has 0 saturated carbocycles. The molecule has 4 rings (SSSR count). The molecule has 0 unspecified atom stereocenters. The second-order valence-electron chi connectivity index (χ2n) is 6.50. The summed E-state index contributed by atoms with van der Waals surface area (Å²) in [5.74, 6) is 0.238. The summed E-state index contributed by atoms with van der Waals surface area (Å²) in [4.78, 5) is 29.2. The Kier molecular flexibility index (Phi) is 5.26. The van der Waals surface area contributed by atoms with Crippen LogP contribution in [-0.2, 0) is 11.3 Å². The van der Waals surface area contributed by atoms with E-state index in [1.807, 2.05) is 18.2 Å². The second-order valence-corrected chi connectivity index (χ2v) is 6.50. The van der Waals surface area contributed by atoms with Gasteiger partial charge in [0.2, 0.25) is 12.7 Å². The van der Waals surface area contributed by atoms with E-state index in [4.69, 9.17) is 9.47 Å². The van der Waals surface area contributed by atoms with E-state index < -0.39 is 24.5 Å². The number of ether oxygens (including phenoxy) is 2. The highest BCUT2D eigenvalue weighted by Crippen LogP contribution is 2.32. The monoisotopic (exact) mass is 393 g/mol. The Hall–Kier alpha value is -3.65. The van der Waals surface area contributed by atoms with E-state index in [1.54, 1.807) is 36.4 Å². The molecule has 1 aliphatic heterocycles. The number of nitrogens with one attached hydrogen (secondary N) is 2. The van der Waals surface area contributed by atoms with Crippen LogP contribution in [0.1, 0.15) is 16.1 Å². The number of carbonyl (C=O) groups is 2. The minimum absolute atomic E-state index is 0.172. The summed E-state index contributed by atoms with van der Waals surface area (Å²) in [6.07, 6.45) is 0. The first kappa shape index (κ1) is 18.7. The number of carbonyl (C=O) groups excluding carboxylic acids is 2. The van der Waals surface area contributed by atoms with Gasteiger partial charge in [0.05, 0.1) is 12.1 Å². The largest absolute Gasteiger partial charge is 0.454 e. The van der Waals surface area contributed by atoms with Gasteiger partial charge in [-0.2, -0.15) is 0 Å². The van der Waals surface area contributed by atoms with Crippen LogP contribution in [0.4, 0.5) is 0 Å². The number of aromatic nitrogens is 1. The molecule has 0 aliphatic carbocycles. The average Bonchev–Trinajstić information content (AvgIpc) is 3.23. The normalized spacial score (nSPS) is 13.1. The average molecular weight is 393 g/mol. The van der Waals surface area contributed by atoms with E-state index in [9.17, 15) is 14.7 Å². The third kappa shape index (κ3) is 4.12. The number of rotatable bonds is 6. The number of benzene rings is 2. The Bertz CT molecular complexity index is 1070.